The van der Waals surface area contributed by atoms with Crippen molar-refractivity contribution in [3.05, 3.63) is 0 Å². The van der Waals surface area contributed by atoms with E-state index in [1.54, 1.807) is 20.8 Å². The van der Waals surface area contributed by atoms with Gasteiger partial charge in [-0.15, -0.1) is 0 Å². The van der Waals surface area contributed by atoms with Crippen LogP contribution in [0.25, 0.3) is 0 Å². The number of amides is 1. The SMILES string of the molecule is CN=C(NCCC(F)(F)F)NCC(NC(=O)OC(C)(C)C)C(C)C. The van der Waals surface area contributed by atoms with Gasteiger partial charge in [0.15, 0.2) is 5.96 Å². The van der Waals surface area contributed by atoms with Crippen LogP contribution in [0.15, 0.2) is 4.99 Å². The molecule has 0 bridgehead atoms. The Balaban J connectivity index is 4.43. The first-order valence-corrected chi connectivity index (χ1v) is 7.85. The molecule has 142 valence electrons. The molecule has 0 aromatic carbocycles. The second-order valence-electron chi connectivity index (χ2n) is 6.74. The molecule has 0 aliphatic heterocycles. The van der Waals surface area contributed by atoms with Crippen LogP contribution in [-0.2, 0) is 4.74 Å². The lowest BCUT2D eigenvalue weighted by Gasteiger charge is -2.26. The molecule has 24 heavy (non-hydrogen) atoms. The summed E-state index contributed by atoms with van der Waals surface area (Å²) in [5.74, 6) is 0.342. The quantitative estimate of drug-likeness (QED) is 0.506. The smallest absolute Gasteiger partial charge is 0.407 e. The fourth-order valence-electron chi connectivity index (χ4n) is 1.66. The van der Waals surface area contributed by atoms with E-state index < -0.39 is 24.3 Å². The van der Waals surface area contributed by atoms with Gasteiger partial charge in [-0.3, -0.25) is 4.99 Å². The van der Waals surface area contributed by atoms with Gasteiger partial charge >= 0.3 is 12.3 Å². The van der Waals surface area contributed by atoms with Gasteiger partial charge in [0, 0.05) is 20.1 Å². The van der Waals surface area contributed by atoms with E-state index in [0.29, 0.717) is 6.54 Å². The maximum Gasteiger partial charge on any atom is 0.407 e. The zero-order chi connectivity index (χ0) is 19.0. The van der Waals surface area contributed by atoms with Crippen LogP contribution in [0.3, 0.4) is 0 Å². The van der Waals surface area contributed by atoms with E-state index in [2.05, 4.69) is 20.9 Å². The molecule has 0 heterocycles. The molecule has 1 amide bonds. The zero-order valence-corrected chi connectivity index (χ0v) is 15.2. The van der Waals surface area contributed by atoms with E-state index in [-0.39, 0.29) is 24.5 Å². The van der Waals surface area contributed by atoms with Gasteiger partial charge in [0.25, 0.3) is 0 Å². The number of alkyl carbamates (subject to hydrolysis) is 1. The van der Waals surface area contributed by atoms with Crippen molar-refractivity contribution in [2.24, 2.45) is 10.9 Å². The lowest BCUT2D eigenvalue weighted by Crippen LogP contribution is -2.50. The summed E-state index contributed by atoms with van der Waals surface area (Å²) in [5, 5.41) is 8.24. The Labute approximate surface area is 141 Å². The highest BCUT2D eigenvalue weighted by atomic mass is 19.4. The van der Waals surface area contributed by atoms with Gasteiger partial charge in [-0.25, -0.2) is 4.79 Å². The molecule has 0 saturated carbocycles. The fraction of sp³-hybridized carbons (Fsp3) is 0.867. The minimum Gasteiger partial charge on any atom is -0.444 e. The summed E-state index contributed by atoms with van der Waals surface area (Å²) in [6.45, 7) is 9.18. The van der Waals surface area contributed by atoms with E-state index in [4.69, 9.17) is 4.74 Å². The van der Waals surface area contributed by atoms with Crippen LogP contribution in [-0.4, -0.2) is 50.0 Å². The maximum absolute atomic E-state index is 12.1. The Hall–Kier alpha value is -1.67. The molecule has 0 aromatic rings. The molecule has 3 N–H and O–H groups in total. The molecule has 0 aliphatic carbocycles. The highest BCUT2D eigenvalue weighted by Gasteiger charge is 2.26. The van der Waals surface area contributed by atoms with Crippen LogP contribution in [0, 0.1) is 5.92 Å². The summed E-state index contributed by atoms with van der Waals surface area (Å²) < 4.78 is 41.6. The van der Waals surface area contributed by atoms with Gasteiger partial charge in [-0.2, -0.15) is 13.2 Å². The van der Waals surface area contributed by atoms with E-state index in [0.717, 1.165) is 0 Å². The van der Waals surface area contributed by atoms with Crippen LogP contribution in [0.1, 0.15) is 41.0 Å². The van der Waals surface area contributed by atoms with E-state index in [1.165, 1.54) is 7.05 Å². The normalized spacial score (nSPS) is 14.3. The number of carbonyl (C=O) groups is 1. The zero-order valence-electron chi connectivity index (χ0n) is 15.2. The van der Waals surface area contributed by atoms with Crippen LogP contribution in [0.5, 0.6) is 0 Å². The molecular weight excluding hydrogens is 325 g/mol. The minimum absolute atomic E-state index is 0.0956. The van der Waals surface area contributed by atoms with Gasteiger partial charge in [0.05, 0.1) is 12.5 Å². The van der Waals surface area contributed by atoms with Crippen molar-refractivity contribution in [2.75, 3.05) is 20.1 Å². The van der Waals surface area contributed by atoms with Crippen molar-refractivity contribution in [1.82, 2.24) is 16.0 Å². The number of hydrogen-bond acceptors (Lipinski definition) is 3. The molecule has 6 nitrogen and oxygen atoms in total. The highest BCUT2D eigenvalue weighted by Crippen LogP contribution is 2.18. The van der Waals surface area contributed by atoms with Gasteiger partial charge in [-0.05, 0) is 26.7 Å². The molecule has 0 rings (SSSR count). The van der Waals surface area contributed by atoms with Crippen LogP contribution in [0.2, 0.25) is 0 Å². The topological polar surface area (TPSA) is 74.8 Å². The predicted octanol–water partition coefficient (Wildman–Crippen LogP) is 2.65. The number of hydrogen-bond donors (Lipinski definition) is 3. The van der Waals surface area contributed by atoms with Crippen molar-refractivity contribution < 1.29 is 22.7 Å². The van der Waals surface area contributed by atoms with Crippen molar-refractivity contribution in [1.29, 1.82) is 0 Å². The summed E-state index contributed by atoms with van der Waals surface area (Å²) in [5.41, 5.74) is -0.603. The third-order valence-corrected chi connectivity index (χ3v) is 2.92. The van der Waals surface area contributed by atoms with Crippen molar-refractivity contribution in [2.45, 2.75) is 58.9 Å². The molecule has 1 unspecified atom stereocenters. The van der Waals surface area contributed by atoms with Crippen LogP contribution >= 0.6 is 0 Å². The lowest BCUT2D eigenvalue weighted by atomic mass is 10.0. The molecule has 0 spiro atoms. The Morgan fingerprint density at radius 1 is 1.17 bits per heavy atom. The lowest BCUT2D eigenvalue weighted by molar-refractivity contribution is -0.132. The number of carbonyl (C=O) groups excluding carboxylic acids is 1. The Kier molecular flexibility index (Phi) is 8.92. The van der Waals surface area contributed by atoms with Gasteiger partial charge in [-0.1, -0.05) is 13.8 Å². The minimum atomic E-state index is -4.22. The van der Waals surface area contributed by atoms with Crippen LogP contribution < -0.4 is 16.0 Å². The molecule has 0 aromatic heterocycles. The monoisotopic (exact) mass is 354 g/mol. The Morgan fingerprint density at radius 3 is 2.17 bits per heavy atom. The van der Waals surface area contributed by atoms with Crippen LogP contribution in [0.4, 0.5) is 18.0 Å². The Morgan fingerprint density at radius 2 is 1.75 bits per heavy atom. The average molecular weight is 354 g/mol. The first-order valence-electron chi connectivity index (χ1n) is 7.85. The average Bonchev–Trinajstić information content (AvgIpc) is 2.37. The first-order chi connectivity index (χ1) is 10.8. The van der Waals surface area contributed by atoms with Gasteiger partial charge in [0.2, 0.25) is 0 Å². The standard InChI is InChI=1S/C15H29F3N4O2/c1-10(2)11(22-13(23)24-14(3,4)5)9-21-12(19-6)20-8-7-15(16,17)18/h10-11H,7-9H2,1-6H3,(H,22,23)(H2,19,20,21). The van der Waals surface area contributed by atoms with Crippen molar-refractivity contribution in [3.63, 3.8) is 0 Å². The number of guanidine groups is 1. The summed E-state index contributed by atoms with van der Waals surface area (Å²) in [6.07, 6.45) is -5.70. The third kappa shape index (κ3) is 11.8. The highest BCUT2D eigenvalue weighted by molar-refractivity contribution is 5.79. The molecule has 0 saturated heterocycles. The molecule has 0 aliphatic rings. The largest absolute Gasteiger partial charge is 0.444 e. The number of nitrogens with zero attached hydrogens (tertiary/aromatic N) is 1. The van der Waals surface area contributed by atoms with Crippen molar-refractivity contribution >= 4 is 12.1 Å². The first kappa shape index (κ1) is 22.3. The number of aliphatic imine (C=N–C) groups is 1. The summed E-state index contributed by atoms with van der Waals surface area (Å²) in [6, 6.07) is -0.263. The van der Waals surface area contributed by atoms with Crippen molar-refractivity contribution in [3.8, 4) is 0 Å². The number of ether oxygens (including phenoxy) is 1. The molecule has 0 radical (unpaired) electrons. The summed E-state index contributed by atoms with van der Waals surface area (Å²) >= 11 is 0. The number of rotatable bonds is 6. The number of alkyl halides is 3. The predicted molar refractivity (Wildman–Crippen MR) is 88.0 cm³/mol. The summed E-state index contributed by atoms with van der Waals surface area (Å²) in [4.78, 5) is 15.7. The molecule has 9 heteroatoms. The molecule has 1 atom stereocenters. The van der Waals surface area contributed by atoms with E-state index in [1.807, 2.05) is 13.8 Å². The molecular formula is C15H29F3N4O2. The van der Waals surface area contributed by atoms with E-state index >= 15 is 0 Å². The molecule has 0 fully saturated rings. The maximum atomic E-state index is 12.1. The van der Waals surface area contributed by atoms with E-state index in [9.17, 15) is 18.0 Å². The Bertz CT molecular complexity index is 418. The van der Waals surface area contributed by atoms with Gasteiger partial charge < -0.3 is 20.7 Å². The number of nitrogens with one attached hydrogen (secondary N) is 3. The second kappa shape index (κ2) is 9.58. The summed E-state index contributed by atoms with van der Waals surface area (Å²) in [7, 11) is 1.47. The third-order valence-electron chi connectivity index (χ3n) is 2.92. The second-order valence-corrected chi connectivity index (χ2v) is 6.74. The number of halogens is 3. The fourth-order valence-corrected chi connectivity index (χ4v) is 1.66. The van der Waals surface area contributed by atoms with Gasteiger partial charge in [0.1, 0.15) is 5.60 Å².